The molecule has 21 heavy (non-hydrogen) atoms. The molecule has 0 aromatic heterocycles. The van der Waals surface area contributed by atoms with E-state index < -0.39 is 0 Å². The van der Waals surface area contributed by atoms with Gasteiger partial charge in [-0.2, -0.15) is 5.26 Å². The molecule has 0 aliphatic heterocycles. The highest BCUT2D eigenvalue weighted by molar-refractivity contribution is 5.95. The van der Waals surface area contributed by atoms with Gasteiger partial charge >= 0.3 is 0 Å². The maximum Gasteiger partial charge on any atom is 0.253 e. The van der Waals surface area contributed by atoms with Crippen molar-refractivity contribution in [3.8, 4) is 6.07 Å². The number of benzene rings is 1. The number of carbonyl (C=O) groups is 1. The summed E-state index contributed by atoms with van der Waals surface area (Å²) in [4.78, 5) is 14.2. The number of amides is 1. The van der Waals surface area contributed by atoms with Gasteiger partial charge < -0.3 is 15.0 Å². The van der Waals surface area contributed by atoms with E-state index in [1.54, 1.807) is 12.0 Å². The van der Waals surface area contributed by atoms with E-state index in [1.807, 2.05) is 32.0 Å². The molecule has 1 amide bonds. The smallest absolute Gasteiger partial charge is 0.253 e. The van der Waals surface area contributed by atoms with Crippen LogP contribution in [0.2, 0.25) is 0 Å². The molecule has 1 rings (SSSR count). The zero-order chi connectivity index (χ0) is 15.7. The average Bonchev–Trinajstić information content (AvgIpc) is 2.49. The van der Waals surface area contributed by atoms with Crippen molar-refractivity contribution >= 4 is 11.6 Å². The monoisotopic (exact) mass is 289 g/mol. The highest BCUT2D eigenvalue weighted by atomic mass is 16.5. The summed E-state index contributed by atoms with van der Waals surface area (Å²) in [5.74, 6) is -0.0616. The first kappa shape index (κ1) is 17.0. The summed E-state index contributed by atoms with van der Waals surface area (Å²) in [6.07, 6.45) is 0.323. The van der Waals surface area contributed by atoms with Gasteiger partial charge in [0.05, 0.1) is 19.1 Å². The summed E-state index contributed by atoms with van der Waals surface area (Å²) in [5.41, 5.74) is 2.72. The summed E-state index contributed by atoms with van der Waals surface area (Å²) in [6, 6.07) is 7.70. The Hall–Kier alpha value is -2.06. The number of hydrogen-bond donors (Lipinski definition) is 1. The number of nitrogens with zero attached hydrogens (tertiary/aromatic N) is 2. The lowest BCUT2D eigenvalue weighted by molar-refractivity contribution is 0.0700. The Kier molecular flexibility index (Phi) is 7.27. The maximum atomic E-state index is 12.5. The fraction of sp³-hybridized carbons (Fsp3) is 0.500. The van der Waals surface area contributed by atoms with E-state index in [2.05, 4.69) is 11.4 Å². The molecule has 5 nitrogen and oxygen atoms in total. The molecule has 0 unspecified atom stereocenters. The molecule has 0 spiro atoms. The van der Waals surface area contributed by atoms with E-state index in [-0.39, 0.29) is 5.91 Å². The van der Waals surface area contributed by atoms with Gasteiger partial charge in [-0.15, -0.1) is 0 Å². The first-order chi connectivity index (χ1) is 10.1. The molecule has 0 aliphatic carbocycles. The Bertz CT molecular complexity index is 509. The quantitative estimate of drug-likeness (QED) is 0.798. The van der Waals surface area contributed by atoms with Gasteiger partial charge in [-0.1, -0.05) is 0 Å². The molecule has 1 N–H and O–H groups in total. The van der Waals surface area contributed by atoms with E-state index >= 15 is 0 Å². The highest BCUT2D eigenvalue weighted by Crippen LogP contribution is 2.17. The predicted molar refractivity (Wildman–Crippen MR) is 83.4 cm³/mol. The molecule has 0 fully saturated rings. The molecule has 1 aromatic carbocycles. The highest BCUT2D eigenvalue weighted by Gasteiger charge is 2.16. The largest absolute Gasteiger partial charge is 0.385 e. The third kappa shape index (κ3) is 5.09. The van der Waals surface area contributed by atoms with E-state index in [4.69, 9.17) is 10.00 Å². The SMILES string of the molecule is CCNc1ccc(C(=O)N(CCC#N)CCOC)cc1C. The van der Waals surface area contributed by atoms with Crippen molar-refractivity contribution < 1.29 is 9.53 Å². The van der Waals surface area contributed by atoms with Crippen LogP contribution in [0, 0.1) is 18.3 Å². The number of ether oxygens (including phenoxy) is 1. The minimum atomic E-state index is -0.0616. The van der Waals surface area contributed by atoms with Crippen molar-refractivity contribution in [1.82, 2.24) is 4.90 Å². The van der Waals surface area contributed by atoms with Crippen LogP contribution in [0.5, 0.6) is 0 Å². The van der Waals surface area contributed by atoms with Crippen molar-refractivity contribution in [3.63, 3.8) is 0 Å². The Balaban J connectivity index is 2.87. The molecule has 0 atom stereocenters. The fourth-order valence-electron chi connectivity index (χ4n) is 2.07. The average molecular weight is 289 g/mol. The molecule has 0 heterocycles. The predicted octanol–water partition coefficient (Wildman–Crippen LogP) is 2.43. The van der Waals surface area contributed by atoms with Gasteiger partial charge in [-0.3, -0.25) is 4.79 Å². The van der Waals surface area contributed by atoms with Crippen LogP contribution < -0.4 is 5.32 Å². The Morgan fingerprint density at radius 1 is 1.43 bits per heavy atom. The molecular formula is C16H23N3O2. The van der Waals surface area contributed by atoms with E-state index in [1.165, 1.54) is 0 Å². The van der Waals surface area contributed by atoms with Crippen LogP contribution >= 0.6 is 0 Å². The zero-order valence-corrected chi connectivity index (χ0v) is 13.0. The number of hydrogen-bond acceptors (Lipinski definition) is 4. The molecule has 0 saturated heterocycles. The lowest BCUT2D eigenvalue weighted by Gasteiger charge is -2.22. The number of rotatable bonds is 8. The molecule has 0 aliphatic rings. The van der Waals surface area contributed by atoms with E-state index in [9.17, 15) is 4.79 Å². The topological polar surface area (TPSA) is 65.4 Å². The van der Waals surface area contributed by atoms with Crippen LogP contribution in [-0.4, -0.2) is 44.2 Å². The second kappa shape index (κ2) is 8.98. The number of anilines is 1. The van der Waals surface area contributed by atoms with Gasteiger partial charge in [0.25, 0.3) is 5.91 Å². The van der Waals surface area contributed by atoms with Crippen LogP contribution in [0.1, 0.15) is 29.3 Å². The third-order valence-corrected chi connectivity index (χ3v) is 3.19. The molecule has 0 bridgehead atoms. The van der Waals surface area contributed by atoms with Gasteiger partial charge in [-0.05, 0) is 37.6 Å². The lowest BCUT2D eigenvalue weighted by atomic mass is 10.1. The molecule has 0 radical (unpaired) electrons. The van der Waals surface area contributed by atoms with Gasteiger partial charge in [0.2, 0.25) is 0 Å². The van der Waals surface area contributed by atoms with Crippen LogP contribution in [0.25, 0.3) is 0 Å². The van der Waals surface area contributed by atoms with Crippen LogP contribution in [0.4, 0.5) is 5.69 Å². The Morgan fingerprint density at radius 3 is 2.76 bits per heavy atom. The van der Waals surface area contributed by atoms with Gasteiger partial charge in [0.1, 0.15) is 0 Å². The van der Waals surface area contributed by atoms with Crippen LogP contribution in [0.15, 0.2) is 18.2 Å². The fourth-order valence-corrected chi connectivity index (χ4v) is 2.07. The molecule has 0 saturated carbocycles. The second-order valence-corrected chi connectivity index (χ2v) is 4.75. The normalized spacial score (nSPS) is 10.0. The first-order valence-corrected chi connectivity index (χ1v) is 7.13. The molecule has 114 valence electrons. The summed E-state index contributed by atoms with van der Waals surface area (Å²) in [5, 5.41) is 12.0. The first-order valence-electron chi connectivity index (χ1n) is 7.13. The Morgan fingerprint density at radius 2 is 2.19 bits per heavy atom. The summed E-state index contributed by atoms with van der Waals surface area (Å²) < 4.78 is 5.03. The van der Waals surface area contributed by atoms with E-state index in [0.717, 1.165) is 17.8 Å². The standard InChI is InChI=1S/C16H23N3O2/c1-4-18-15-7-6-14(12-13(15)2)16(20)19(9-5-8-17)10-11-21-3/h6-7,12,18H,4-5,9-11H2,1-3H3. The number of nitriles is 1. The van der Waals surface area contributed by atoms with Crippen LogP contribution in [-0.2, 0) is 4.74 Å². The van der Waals surface area contributed by atoms with Crippen molar-refractivity contribution in [2.75, 3.05) is 38.7 Å². The number of nitrogens with one attached hydrogen (secondary N) is 1. The molecule has 5 heteroatoms. The molecule has 1 aromatic rings. The second-order valence-electron chi connectivity index (χ2n) is 4.75. The minimum Gasteiger partial charge on any atom is -0.385 e. The summed E-state index contributed by atoms with van der Waals surface area (Å²) in [7, 11) is 1.60. The summed E-state index contributed by atoms with van der Waals surface area (Å²) >= 11 is 0. The van der Waals surface area contributed by atoms with Crippen molar-refractivity contribution in [1.29, 1.82) is 5.26 Å². The van der Waals surface area contributed by atoms with Crippen molar-refractivity contribution in [2.24, 2.45) is 0 Å². The van der Waals surface area contributed by atoms with Gasteiger partial charge in [0.15, 0.2) is 0 Å². The van der Waals surface area contributed by atoms with Gasteiger partial charge in [0, 0.05) is 38.0 Å². The van der Waals surface area contributed by atoms with Crippen LogP contribution in [0.3, 0.4) is 0 Å². The number of aryl methyl sites for hydroxylation is 1. The third-order valence-electron chi connectivity index (χ3n) is 3.19. The van der Waals surface area contributed by atoms with Gasteiger partial charge in [-0.25, -0.2) is 0 Å². The van der Waals surface area contributed by atoms with Crippen molar-refractivity contribution in [3.05, 3.63) is 29.3 Å². The summed E-state index contributed by atoms with van der Waals surface area (Å²) in [6.45, 7) is 6.23. The number of carbonyl (C=O) groups excluding carboxylic acids is 1. The minimum absolute atomic E-state index is 0.0616. The lowest BCUT2D eigenvalue weighted by Crippen LogP contribution is -2.34. The van der Waals surface area contributed by atoms with E-state index in [0.29, 0.717) is 31.7 Å². The zero-order valence-electron chi connectivity index (χ0n) is 13.0. The number of methoxy groups -OCH3 is 1. The van der Waals surface area contributed by atoms with Crippen molar-refractivity contribution in [2.45, 2.75) is 20.3 Å². The maximum absolute atomic E-state index is 12.5. The Labute approximate surface area is 126 Å². The molecular weight excluding hydrogens is 266 g/mol.